The van der Waals surface area contributed by atoms with Gasteiger partial charge in [0.25, 0.3) is 0 Å². The van der Waals surface area contributed by atoms with Gasteiger partial charge in [0, 0.05) is 5.70 Å². The van der Waals surface area contributed by atoms with Crippen LogP contribution < -0.4 is 16.8 Å². The number of hydrogen-bond donors (Lipinski definition) is 3. The third-order valence-electron chi connectivity index (χ3n) is 1.13. The van der Waals surface area contributed by atoms with Gasteiger partial charge in [0.15, 0.2) is 5.79 Å². The molecule has 3 nitrogen and oxygen atoms in total. The van der Waals surface area contributed by atoms with Crippen molar-refractivity contribution in [2.45, 2.75) is 12.7 Å². The summed E-state index contributed by atoms with van der Waals surface area (Å²) in [6.45, 7) is 1.91. The van der Waals surface area contributed by atoms with Crippen LogP contribution in [0.25, 0.3) is 0 Å². The maximum atomic E-state index is 5.51. The van der Waals surface area contributed by atoms with Crippen LogP contribution in [0.3, 0.4) is 0 Å². The lowest BCUT2D eigenvalue weighted by atomic mass is 10.2. The van der Waals surface area contributed by atoms with Crippen molar-refractivity contribution >= 4 is 0 Å². The minimum atomic E-state index is -0.848. The maximum Gasteiger partial charge on any atom is 0.158 e. The van der Waals surface area contributed by atoms with E-state index in [-0.39, 0.29) is 0 Å². The third-order valence-corrected chi connectivity index (χ3v) is 1.13. The zero-order valence-electron chi connectivity index (χ0n) is 5.39. The molecule has 1 heterocycles. The van der Waals surface area contributed by atoms with Crippen molar-refractivity contribution in [1.82, 2.24) is 5.32 Å². The lowest BCUT2D eigenvalue weighted by Crippen LogP contribution is -2.59. The highest BCUT2D eigenvalue weighted by molar-refractivity contribution is 5.20. The van der Waals surface area contributed by atoms with E-state index in [4.69, 9.17) is 11.5 Å². The van der Waals surface area contributed by atoms with Gasteiger partial charge in [-0.1, -0.05) is 6.08 Å². The van der Waals surface area contributed by atoms with Crippen LogP contribution in [0.4, 0.5) is 0 Å². The Morgan fingerprint density at radius 2 is 2.22 bits per heavy atom. The van der Waals surface area contributed by atoms with Gasteiger partial charge in [0.2, 0.25) is 0 Å². The van der Waals surface area contributed by atoms with Crippen LogP contribution in [0.2, 0.25) is 0 Å². The fraction of sp³-hybridized carbons (Fsp3) is 0.333. The van der Waals surface area contributed by atoms with E-state index in [0.717, 1.165) is 5.70 Å². The highest BCUT2D eigenvalue weighted by Gasteiger charge is 2.14. The van der Waals surface area contributed by atoms with E-state index in [2.05, 4.69) is 5.32 Å². The van der Waals surface area contributed by atoms with E-state index in [9.17, 15) is 0 Å². The maximum absolute atomic E-state index is 5.51. The summed E-state index contributed by atoms with van der Waals surface area (Å²) in [4.78, 5) is 0. The first-order valence-electron chi connectivity index (χ1n) is 2.82. The summed E-state index contributed by atoms with van der Waals surface area (Å²) < 4.78 is 0. The molecular weight excluding hydrogens is 114 g/mol. The Morgan fingerprint density at radius 1 is 1.56 bits per heavy atom. The molecule has 9 heavy (non-hydrogen) atoms. The van der Waals surface area contributed by atoms with Gasteiger partial charge in [-0.3, -0.25) is 11.5 Å². The summed E-state index contributed by atoms with van der Waals surface area (Å²) >= 11 is 0. The van der Waals surface area contributed by atoms with Crippen molar-refractivity contribution in [3.8, 4) is 0 Å². The Balaban J connectivity index is 2.73. The van der Waals surface area contributed by atoms with Gasteiger partial charge in [-0.25, -0.2) is 0 Å². The average Bonchev–Trinajstić information content (AvgIpc) is 1.60. The second kappa shape index (κ2) is 1.86. The summed E-state index contributed by atoms with van der Waals surface area (Å²) in [5, 5.41) is 2.89. The number of dihydropyridines is 1. The molecule has 0 aromatic carbocycles. The van der Waals surface area contributed by atoms with E-state index < -0.39 is 5.79 Å². The van der Waals surface area contributed by atoms with E-state index in [1.165, 1.54) is 0 Å². The highest BCUT2D eigenvalue weighted by atomic mass is 15.2. The lowest BCUT2D eigenvalue weighted by molar-refractivity contribution is 0.472. The largest absolute Gasteiger partial charge is 0.356 e. The second-order valence-electron chi connectivity index (χ2n) is 2.27. The molecule has 0 saturated carbocycles. The van der Waals surface area contributed by atoms with Crippen molar-refractivity contribution < 1.29 is 0 Å². The second-order valence-corrected chi connectivity index (χ2v) is 2.27. The molecule has 0 spiro atoms. The number of hydrogen-bond acceptors (Lipinski definition) is 3. The molecule has 0 atom stereocenters. The highest BCUT2D eigenvalue weighted by Crippen LogP contribution is 2.01. The molecule has 1 aliphatic rings. The minimum absolute atomic E-state index is 0.848. The molecular formula is C6H11N3. The van der Waals surface area contributed by atoms with Crippen LogP contribution in [0, 0.1) is 0 Å². The summed E-state index contributed by atoms with van der Waals surface area (Å²) in [6.07, 6.45) is 5.46. The minimum Gasteiger partial charge on any atom is -0.356 e. The smallest absolute Gasteiger partial charge is 0.158 e. The molecule has 3 heteroatoms. The molecule has 0 amide bonds. The van der Waals surface area contributed by atoms with Crippen LogP contribution in [0.1, 0.15) is 6.92 Å². The average molecular weight is 125 g/mol. The first-order valence-corrected chi connectivity index (χ1v) is 2.82. The fourth-order valence-corrected chi connectivity index (χ4v) is 0.777. The van der Waals surface area contributed by atoms with Gasteiger partial charge in [-0.15, -0.1) is 0 Å². The predicted molar refractivity (Wildman–Crippen MR) is 37.1 cm³/mol. The predicted octanol–water partition coefficient (Wildman–Crippen LogP) is -0.379. The van der Waals surface area contributed by atoms with Crippen LogP contribution >= 0.6 is 0 Å². The molecule has 1 rings (SSSR count). The topological polar surface area (TPSA) is 64.1 Å². The van der Waals surface area contributed by atoms with Gasteiger partial charge in [0.1, 0.15) is 0 Å². The van der Waals surface area contributed by atoms with Crippen LogP contribution in [0.5, 0.6) is 0 Å². The number of allylic oxidation sites excluding steroid dienone is 3. The first-order chi connectivity index (χ1) is 4.10. The van der Waals surface area contributed by atoms with Crippen molar-refractivity contribution in [2.24, 2.45) is 11.5 Å². The molecule has 5 N–H and O–H groups in total. The molecule has 0 unspecified atom stereocenters. The fourth-order valence-electron chi connectivity index (χ4n) is 0.777. The number of nitrogens with two attached hydrogens (primary N) is 2. The van der Waals surface area contributed by atoms with Crippen molar-refractivity contribution in [3.63, 3.8) is 0 Å². The monoisotopic (exact) mass is 125 g/mol. The van der Waals surface area contributed by atoms with Crippen LogP contribution in [0.15, 0.2) is 23.9 Å². The zero-order chi connectivity index (χ0) is 6.91. The quantitative estimate of drug-likeness (QED) is 0.387. The van der Waals surface area contributed by atoms with Gasteiger partial charge in [0.05, 0.1) is 0 Å². The molecule has 0 bridgehead atoms. The molecule has 0 radical (unpaired) electrons. The Hall–Kier alpha value is -0.800. The van der Waals surface area contributed by atoms with Gasteiger partial charge in [-0.2, -0.15) is 0 Å². The Bertz CT molecular complexity index is 167. The van der Waals surface area contributed by atoms with Crippen LogP contribution in [-0.2, 0) is 0 Å². The van der Waals surface area contributed by atoms with E-state index in [1.807, 2.05) is 19.1 Å². The molecule has 0 aromatic heterocycles. The van der Waals surface area contributed by atoms with Gasteiger partial charge in [-0.05, 0) is 19.1 Å². The third kappa shape index (κ3) is 1.55. The standard InChI is InChI=1S/C6H11N3/c1-5-3-2-4-6(7,8)9-5/h2-4,9H,7-8H2,1H3. The molecule has 0 saturated heterocycles. The zero-order valence-corrected chi connectivity index (χ0v) is 5.39. The molecule has 0 aliphatic carbocycles. The number of rotatable bonds is 0. The Labute approximate surface area is 54.4 Å². The summed E-state index contributed by atoms with van der Waals surface area (Å²) in [7, 11) is 0. The molecule has 1 aliphatic heterocycles. The Morgan fingerprint density at radius 3 is 2.56 bits per heavy atom. The molecule has 0 fully saturated rings. The van der Waals surface area contributed by atoms with Crippen LogP contribution in [-0.4, -0.2) is 5.79 Å². The van der Waals surface area contributed by atoms with Gasteiger partial charge < -0.3 is 5.32 Å². The van der Waals surface area contributed by atoms with Crippen molar-refractivity contribution in [2.75, 3.05) is 0 Å². The summed E-state index contributed by atoms with van der Waals surface area (Å²) in [5.41, 5.74) is 12.0. The summed E-state index contributed by atoms with van der Waals surface area (Å²) in [6, 6.07) is 0. The van der Waals surface area contributed by atoms with E-state index in [1.54, 1.807) is 6.08 Å². The van der Waals surface area contributed by atoms with Crippen molar-refractivity contribution in [1.29, 1.82) is 0 Å². The van der Waals surface area contributed by atoms with Gasteiger partial charge >= 0.3 is 0 Å². The SMILES string of the molecule is CC1=CC=CC(N)(N)N1. The molecule has 0 aromatic rings. The van der Waals surface area contributed by atoms with E-state index >= 15 is 0 Å². The lowest BCUT2D eigenvalue weighted by Gasteiger charge is -2.25. The molecule has 50 valence electrons. The van der Waals surface area contributed by atoms with E-state index in [0.29, 0.717) is 0 Å². The van der Waals surface area contributed by atoms with Crippen molar-refractivity contribution in [3.05, 3.63) is 23.9 Å². The normalized spacial score (nSPS) is 22.8. The first kappa shape index (κ1) is 6.32. The Kier molecular flexibility index (Phi) is 1.31. The number of nitrogens with one attached hydrogen (secondary N) is 1. The summed E-state index contributed by atoms with van der Waals surface area (Å²) in [5.74, 6) is -0.848.